The van der Waals surface area contributed by atoms with E-state index in [-0.39, 0.29) is 0 Å². The van der Waals surface area contributed by atoms with Gasteiger partial charge in [-0.05, 0) is 38.8 Å². The van der Waals surface area contributed by atoms with Crippen molar-refractivity contribution in [3.63, 3.8) is 0 Å². The molecule has 0 radical (unpaired) electrons. The van der Waals surface area contributed by atoms with Crippen LogP contribution in [0, 0.1) is 0 Å². The minimum atomic E-state index is 0.476. The van der Waals surface area contributed by atoms with Crippen molar-refractivity contribution in [3.05, 3.63) is 54.1 Å². The summed E-state index contributed by atoms with van der Waals surface area (Å²) in [6, 6.07) is 11.1. The maximum Gasteiger partial charge on any atom is 0.0951 e. The lowest BCUT2D eigenvalue weighted by molar-refractivity contribution is 0.547. The average Bonchev–Trinajstić information content (AvgIpc) is 2.88. The van der Waals surface area contributed by atoms with Crippen LogP contribution in [-0.2, 0) is 13.0 Å². The van der Waals surface area contributed by atoms with Crippen molar-refractivity contribution in [2.45, 2.75) is 39.3 Å². The third kappa shape index (κ3) is 4.21. The fraction of sp³-hybridized carbons (Fsp3) is 0.438. The molecule has 0 fully saturated rings. The van der Waals surface area contributed by atoms with E-state index in [1.807, 2.05) is 12.5 Å². The molecule has 1 aromatic carbocycles. The number of hydrogen-bond acceptors (Lipinski definition) is 2. The number of rotatable bonds is 7. The molecule has 0 atom stereocenters. The average molecular weight is 257 g/mol. The lowest BCUT2D eigenvalue weighted by Crippen LogP contribution is -2.18. The molecule has 0 aliphatic heterocycles. The topological polar surface area (TPSA) is 29.9 Å². The highest BCUT2D eigenvalue weighted by molar-refractivity contribution is 5.14. The molecule has 0 unspecified atom stereocenters. The minimum Gasteiger partial charge on any atom is -0.331 e. The highest BCUT2D eigenvalue weighted by atomic mass is 15.1. The summed E-state index contributed by atoms with van der Waals surface area (Å²) in [7, 11) is 0. The highest BCUT2D eigenvalue weighted by Gasteiger charge is 2.04. The molecule has 102 valence electrons. The zero-order valence-electron chi connectivity index (χ0n) is 11.8. The maximum absolute atomic E-state index is 4.21. The lowest BCUT2D eigenvalue weighted by atomic mass is 10.1. The molecule has 0 amide bonds. The SMILES string of the molecule is CC(C)n1cncc1CNCCCc1ccccc1. The number of imidazole rings is 1. The Morgan fingerprint density at radius 1 is 1.21 bits per heavy atom. The van der Waals surface area contributed by atoms with Crippen LogP contribution in [-0.4, -0.2) is 16.1 Å². The zero-order chi connectivity index (χ0) is 13.5. The maximum atomic E-state index is 4.21. The molecule has 0 saturated carbocycles. The van der Waals surface area contributed by atoms with Crippen LogP contribution < -0.4 is 5.32 Å². The van der Waals surface area contributed by atoms with E-state index in [0.717, 1.165) is 19.5 Å². The molecule has 0 aliphatic carbocycles. The number of nitrogens with one attached hydrogen (secondary N) is 1. The van der Waals surface area contributed by atoms with Gasteiger partial charge in [0.1, 0.15) is 0 Å². The third-order valence-electron chi connectivity index (χ3n) is 3.27. The van der Waals surface area contributed by atoms with Gasteiger partial charge < -0.3 is 9.88 Å². The molecule has 0 aliphatic rings. The van der Waals surface area contributed by atoms with Gasteiger partial charge in [0.15, 0.2) is 0 Å². The van der Waals surface area contributed by atoms with Crippen molar-refractivity contribution in [1.29, 1.82) is 0 Å². The van der Waals surface area contributed by atoms with Gasteiger partial charge in [-0.25, -0.2) is 4.98 Å². The van der Waals surface area contributed by atoms with E-state index in [4.69, 9.17) is 0 Å². The van der Waals surface area contributed by atoms with Gasteiger partial charge in [0.25, 0.3) is 0 Å². The summed E-state index contributed by atoms with van der Waals surface area (Å²) in [5.74, 6) is 0. The van der Waals surface area contributed by atoms with Gasteiger partial charge in [-0.1, -0.05) is 30.3 Å². The van der Waals surface area contributed by atoms with Crippen molar-refractivity contribution in [3.8, 4) is 0 Å². The summed E-state index contributed by atoms with van der Waals surface area (Å²) < 4.78 is 2.21. The second kappa shape index (κ2) is 7.10. The number of aromatic nitrogens is 2. The molecular formula is C16H23N3. The van der Waals surface area contributed by atoms with Crippen LogP contribution in [0.4, 0.5) is 0 Å². The Bertz CT molecular complexity index is 474. The Morgan fingerprint density at radius 3 is 2.74 bits per heavy atom. The second-order valence-corrected chi connectivity index (χ2v) is 5.15. The van der Waals surface area contributed by atoms with Crippen molar-refractivity contribution in [1.82, 2.24) is 14.9 Å². The predicted octanol–water partition coefficient (Wildman–Crippen LogP) is 3.19. The van der Waals surface area contributed by atoms with Crippen LogP contribution in [0.1, 0.15) is 37.6 Å². The van der Waals surface area contributed by atoms with Crippen LogP contribution >= 0.6 is 0 Å². The van der Waals surface area contributed by atoms with Crippen LogP contribution in [0.15, 0.2) is 42.9 Å². The summed E-state index contributed by atoms with van der Waals surface area (Å²) >= 11 is 0. The second-order valence-electron chi connectivity index (χ2n) is 5.15. The zero-order valence-corrected chi connectivity index (χ0v) is 11.8. The van der Waals surface area contributed by atoms with Gasteiger partial charge in [0, 0.05) is 18.8 Å². The van der Waals surface area contributed by atoms with E-state index in [1.165, 1.54) is 17.7 Å². The molecule has 0 saturated heterocycles. The van der Waals surface area contributed by atoms with Crippen molar-refractivity contribution in [2.24, 2.45) is 0 Å². The van der Waals surface area contributed by atoms with E-state index >= 15 is 0 Å². The first-order valence-corrected chi connectivity index (χ1v) is 7.02. The van der Waals surface area contributed by atoms with E-state index in [9.17, 15) is 0 Å². The first-order chi connectivity index (χ1) is 9.27. The van der Waals surface area contributed by atoms with Crippen molar-refractivity contribution < 1.29 is 0 Å². The Labute approximate surface area is 115 Å². The molecular weight excluding hydrogens is 234 g/mol. The Balaban J connectivity index is 1.68. The molecule has 2 aromatic rings. The smallest absolute Gasteiger partial charge is 0.0951 e. The van der Waals surface area contributed by atoms with Gasteiger partial charge in [-0.2, -0.15) is 0 Å². The normalized spacial score (nSPS) is 11.1. The van der Waals surface area contributed by atoms with Gasteiger partial charge in [0.2, 0.25) is 0 Å². The van der Waals surface area contributed by atoms with Crippen LogP contribution in [0.5, 0.6) is 0 Å². The van der Waals surface area contributed by atoms with E-state index in [2.05, 4.69) is 59.0 Å². The van der Waals surface area contributed by atoms with Gasteiger partial charge >= 0.3 is 0 Å². The number of aryl methyl sites for hydroxylation is 1. The van der Waals surface area contributed by atoms with Gasteiger partial charge in [0.05, 0.1) is 12.0 Å². The van der Waals surface area contributed by atoms with E-state index in [1.54, 1.807) is 0 Å². The molecule has 3 heteroatoms. The van der Waals surface area contributed by atoms with Gasteiger partial charge in [-0.15, -0.1) is 0 Å². The fourth-order valence-electron chi connectivity index (χ4n) is 2.21. The van der Waals surface area contributed by atoms with Gasteiger partial charge in [-0.3, -0.25) is 0 Å². The Hall–Kier alpha value is -1.61. The quantitative estimate of drug-likeness (QED) is 0.772. The first kappa shape index (κ1) is 13.8. The number of nitrogens with zero attached hydrogens (tertiary/aromatic N) is 2. The minimum absolute atomic E-state index is 0.476. The van der Waals surface area contributed by atoms with Crippen LogP contribution in [0.2, 0.25) is 0 Å². The molecule has 1 N–H and O–H groups in total. The molecule has 2 rings (SSSR count). The molecule has 0 bridgehead atoms. The number of hydrogen-bond donors (Lipinski definition) is 1. The third-order valence-corrected chi connectivity index (χ3v) is 3.27. The lowest BCUT2D eigenvalue weighted by Gasteiger charge is -2.12. The molecule has 19 heavy (non-hydrogen) atoms. The predicted molar refractivity (Wildman–Crippen MR) is 79.1 cm³/mol. The van der Waals surface area contributed by atoms with E-state index < -0.39 is 0 Å². The standard InChI is InChI=1S/C16H23N3/c1-14(2)19-13-18-12-16(19)11-17-10-6-9-15-7-4-3-5-8-15/h3-5,7-8,12-14,17H,6,9-11H2,1-2H3. The van der Waals surface area contributed by atoms with Crippen molar-refractivity contribution in [2.75, 3.05) is 6.54 Å². The largest absolute Gasteiger partial charge is 0.331 e. The molecule has 3 nitrogen and oxygen atoms in total. The highest BCUT2D eigenvalue weighted by Crippen LogP contribution is 2.08. The summed E-state index contributed by atoms with van der Waals surface area (Å²) in [4.78, 5) is 4.21. The summed E-state index contributed by atoms with van der Waals surface area (Å²) in [5, 5.41) is 3.49. The summed E-state index contributed by atoms with van der Waals surface area (Å²) in [6.07, 6.45) is 6.16. The Kier molecular flexibility index (Phi) is 5.16. The first-order valence-electron chi connectivity index (χ1n) is 7.02. The van der Waals surface area contributed by atoms with Crippen LogP contribution in [0.3, 0.4) is 0 Å². The molecule has 0 spiro atoms. The summed E-state index contributed by atoms with van der Waals surface area (Å²) in [5.41, 5.74) is 2.67. The fourth-order valence-corrected chi connectivity index (χ4v) is 2.21. The monoisotopic (exact) mass is 257 g/mol. The molecule has 1 aromatic heterocycles. The van der Waals surface area contributed by atoms with Crippen LogP contribution in [0.25, 0.3) is 0 Å². The Morgan fingerprint density at radius 2 is 2.00 bits per heavy atom. The summed E-state index contributed by atoms with van der Waals surface area (Å²) in [6.45, 7) is 6.30. The van der Waals surface area contributed by atoms with Crippen molar-refractivity contribution >= 4 is 0 Å². The number of benzene rings is 1. The molecule has 1 heterocycles. The van der Waals surface area contributed by atoms with E-state index in [0.29, 0.717) is 6.04 Å².